The van der Waals surface area contributed by atoms with Crippen LogP contribution in [-0.2, 0) is 4.79 Å². The molecule has 1 nitrogen and oxygen atoms in total. The van der Waals surface area contributed by atoms with Crippen LogP contribution < -0.4 is 0 Å². The monoisotopic (exact) mass is 140 g/mol. The molecule has 0 atom stereocenters. The predicted molar refractivity (Wildman–Crippen MR) is 42.7 cm³/mol. The molecular formula is C7H12OSi. The molecule has 50 valence electrons. The van der Waals surface area contributed by atoms with Crippen molar-refractivity contribution in [2.24, 2.45) is 0 Å². The van der Waals surface area contributed by atoms with Crippen molar-refractivity contribution in [1.29, 1.82) is 0 Å². The molecule has 0 heterocycles. The normalized spacial score (nSPS) is 11.4. The maximum Gasteiger partial charge on any atom is 0.124 e. The van der Waals surface area contributed by atoms with Crippen LogP contribution in [0.25, 0.3) is 0 Å². The zero-order valence-corrected chi connectivity index (χ0v) is 7.14. The zero-order valence-electron chi connectivity index (χ0n) is 6.14. The molecule has 0 aliphatic carbocycles. The summed E-state index contributed by atoms with van der Waals surface area (Å²) in [6.07, 6.45) is 3.18. The second-order valence-electron chi connectivity index (χ2n) is 3.01. The zero-order chi connectivity index (χ0) is 7.33. The molecule has 0 saturated carbocycles. The van der Waals surface area contributed by atoms with Gasteiger partial charge < -0.3 is 0 Å². The molecule has 0 rings (SSSR count). The molecule has 0 N–H and O–H groups in total. The Labute approximate surface area is 57.1 Å². The van der Waals surface area contributed by atoms with E-state index in [1.54, 1.807) is 12.0 Å². The Morgan fingerprint density at radius 1 is 1.33 bits per heavy atom. The van der Waals surface area contributed by atoms with Crippen LogP contribution in [0.4, 0.5) is 0 Å². The van der Waals surface area contributed by atoms with Crippen LogP contribution in [0.3, 0.4) is 0 Å². The third-order valence-corrected chi connectivity index (χ3v) is 1.95. The molecule has 0 fully saturated rings. The number of allylic oxidation sites excluding steroid dienone is 2. The van der Waals surface area contributed by atoms with Gasteiger partial charge in [-0.2, -0.15) is 0 Å². The van der Waals surface area contributed by atoms with Gasteiger partial charge in [-0.05, 0) is 0 Å². The third-order valence-electron chi connectivity index (χ3n) is 0.760. The Balaban J connectivity index is 3.85. The van der Waals surface area contributed by atoms with Gasteiger partial charge in [-0.3, -0.25) is 0 Å². The Hall–Kier alpha value is -0.593. The number of rotatable bonds is 2. The summed E-state index contributed by atoms with van der Waals surface area (Å²) in [5.41, 5.74) is 2.10. The standard InChI is InChI=1S/C7H12OSi/c1-9(2,3)7-5-4-6-8/h4-5,7H,1-3H3/b7-5-. The molecule has 0 aliphatic heterocycles. The van der Waals surface area contributed by atoms with Crippen LogP contribution in [0, 0.1) is 0 Å². The average Bonchev–Trinajstić information content (AvgIpc) is 1.63. The van der Waals surface area contributed by atoms with Gasteiger partial charge in [0.05, 0.1) is 8.07 Å². The minimum absolute atomic E-state index is 1.09. The Morgan fingerprint density at radius 2 is 1.89 bits per heavy atom. The van der Waals surface area contributed by atoms with E-state index in [-0.39, 0.29) is 0 Å². The molecule has 0 aromatic carbocycles. The summed E-state index contributed by atoms with van der Waals surface area (Å²) in [5, 5.41) is 0. The van der Waals surface area contributed by atoms with Crippen molar-refractivity contribution in [3.8, 4) is 0 Å². The Kier molecular flexibility index (Phi) is 3.21. The second kappa shape index (κ2) is 3.44. The highest BCUT2D eigenvalue weighted by molar-refractivity contribution is 6.81. The minimum atomic E-state index is -1.09. The van der Waals surface area contributed by atoms with Gasteiger partial charge in [-0.15, -0.1) is 0 Å². The number of hydrogen-bond donors (Lipinski definition) is 0. The predicted octanol–water partition coefficient (Wildman–Crippen LogP) is 1.81. The van der Waals surface area contributed by atoms with E-state index in [0.717, 1.165) is 0 Å². The lowest BCUT2D eigenvalue weighted by atomic mass is 10.6. The fourth-order valence-electron chi connectivity index (χ4n) is 0.376. The van der Waals surface area contributed by atoms with E-state index in [0.29, 0.717) is 0 Å². The molecule has 0 aromatic rings. The van der Waals surface area contributed by atoms with Gasteiger partial charge in [0.15, 0.2) is 0 Å². The summed E-state index contributed by atoms with van der Waals surface area (Å²) in [7, 11) is -1.09. The second-order valence-corrected chi connectivity index (χ2v) is 8.08. The van der Waals surface area contributed by atoms with Crippen LogP contribution in [0.2, 0.25) is 19.6 Å². The van der Waals surface area contributed by atoms with E-state index in [2.05, 4.69) is 25.3 Å². The highest BCUT2D eigenvalue weighted by Gasteiger charge is 2.05. The highest BCUT2D eigenvalue weighted by Crippen LogP contribution is 2.00. The lowest BCUT2D eigenvalue weighted by molar-refractivity contribution is 0.569. The summed E-state index contributed by atoms with van der Waals surface area (Å²) in [6.45, 7) is 6.63. The lowest BCUT2D eigenvalue weighted by Crippen LogP contribution is -2.14. The Morgan fingerprint density at radius 3 is 2.22 bits per heavy atom. The van der Waals surface area contributed by atoms with Gasteiger partial charge in [0.2, 0.25) is 0 Å². The van der Waals surface area contributed by atoms with Crippen molar-refractivity contribution in [2.75, 3.05) is 0 Å². The Bertz CT molecular complexity index is 147. The first-order valence-corrected chi connectivity index (χ1v) is 6.53. The smallest absolute Gasteiger partial charge is 0.124 e. The van der Waals surface area contributed by atoms with Crippen molar-refractivity contribution >= 4 is 14.0 Å². The van der Waals surface area contributed by atoms with Gasteiger partial charge in [0.25, 0.3) is 0 Å². The molecule has 0 spiro atoms. The van der Waals surface area contributed by atoms with Crippen molar-refractivity contribution in [2.45, 2.75) is 19.6 Å². The maximum atomic E-state index is 9.67. The molecule has 0 amide bonds. The van der Waals surface area contributed by atoms with Gasteiger partial charge in [0.1, 0.15) is 5.94 Å². The van der Waals surface area contributed by atoms with Crippen LogP contribution in [-0.4, -0.2) is 14.0 Å². The molecule has 0 saturated heterocycles. The lowest BCUT2D eigenvalue weighted by Gasteiger charge is -2.06. The topological polar surface area (TPSA) is 17.1 Å². The summed E-state index contributed by atoms with van der Waals surface area (Å²) in [4.78, 5) is 9.67. The summed E-state index contributed by atoms with van der Waals surface area (Å²) < 4.78 is 0. The summed E-state index contributed by atoms with van der Waals surface area (Å²) >= 11 is 0. The van der Waals surface area contributed by atoms with E-state index >= 15 is 0 Å². The highest BCUT2D eigenvalue weighted by atomic mass is 28.3. The molecule has 0 aliphatic rings. The van der Waals surface area contributed by atoms with Crippen molar-refractivity contribution < 1.29 is 4.79 Å². The summed E-state index contributed by atoms with van der Waals surface area (Å²) in [5.74, 6) is 1.70. The van der Waals surface area contributed by atoms with E-state index in [4.69, 9.17) is 0 Å². The average molecular weight is 140 g/mol. The van der Waals surface area contributed by atoms with Gasteiger partial charge in [-0.1, -0.05) is 31.4 Å². The van der Waals surface area contributed by atoms with Crippen molar-refractivity contribution in [3.63, 3.8) is 0 Å². The van der Waals surface area contributed by atoms with Gasteiger partial charge in [0, 0.05) is 6.08 Å². The molecule has 2 heteroatoms. The molecule has 9 heavy (non-hydrogen) atoms. The maximum absolute atomic E-state index is 9.67. The van der Waals surface area contributed by atoms with E-state index in [1.165, 1.54) is 6.08 Å². The van der Waals surface area contributed by atoms with Crippen LogP contribution in [0.5, 0.6) is 0 Å². The first-order valence-electron chi connectivity index (χ1n) is 2.95. The van der Waals surface area contributed by atoms with Crippen molar-refractivity contribution in [1.82, 2.24) is 0 Å². The first-order chi connectivity index (χ1) is 4.06. The van der Waals surface area contributed by atoms with Gasteiger partial charge >= 0.3 is 0 Å². The number of hydrogen-bond acceptors (Lipinski definition) is 1. The van der Waals surface area contributed by atoms with Gasteiger partial charge in [-0.25, -0.2) is 4.79 Å². The van der Waals surface area contributed by atoms with Crippen LogP contribution in [0.15, 0.2) is 17.9 Å². The van der Waals surface area contributed by atoms with E-state index in [1.807, 2.05) is 0 Å². The molecule has 0 radical (unpaired) electrons. The first kappa shape index (κ1) is 8.41. The summed E-state index contributed by atoms with van der Waals surface area (Å²) in [6, 6.07) is 0. The fraction of sp³-hybridized carbons (Fsp3) is 0.429. The van der Waals surface area contributed by atoms with Crippen LogP contribution in [0.1, 0.15) is 0 Å². The van der Waals surface area contributed by atoms with Crippen molar-refractivity contribution in [3.05, 3.63) is 17.9 Å². The minimum Gasteiger partial charge on any atom is -0.234 e. The molecule has 0 unspecified atom stereocenters. The number of carbonyl (C=O) groups excluding carboxylic acids is 1. The molecule has 0 aromatic heterocycles. The fourth-order valence-corrected chi connectivity index (χ4v) is 1.05. The largest absolute Gasteiger partial charge is 0.234 e. The van der Waals surface area contributed by atoms with E-state index in [9.17, 15) is 4.79 Å². The van der Waals surface area contributed by atoms with Crippen LogP contribution >= 0.6 is 0 Å². The SMILES string of the molecule is C[Si](C)(C)/C=C\C=C=O. The molecular weight excluding hydrogens is 128 g/mol. The van der Waals surface area contributed by atoms with E-state index < -0.39 is 8.07 Å². The molecule has 0 bridgehead atoms. The third kappa shape index (κ3) is 7.41. The quantitative estimate of drug-likeness (QED) is 0.325.